The maximum absolute atomic E-state index is 9.71. The van der Waals surface area contributed by atoms with E-state index in [1.807, 2.05) is 17.9 Å². The lowest BCUT2D eigenvalue weighted by Gasteiger charge is -2.37. The number of β-amino-alcohol motifs (C(OH)–C–C–N with tert-alkyl or cyclic N) is 1. The number of aliphatic hydroxyl groups excluding tert-OH is 1. The zero-order valence-electron chi connectivity index (χ0n) is 15.1. The van der Waals surface area contributed by atoms with E-state index in [0.717, 1.165) is 28.5 Å². The molecule has 1 saturated heterocycles. The number of ether oxygens (including phenoxy) is 1. The highest BCUT2D eigenvalue weighted by Crippen LogP contribution is 2.37. The molecule has 0 saturated carbocycles. The molecule has 1 aliphatic rings. The molecule has 1 fully saturated rings. The fraction of sp³-hybridized carbons (Fsp3) is 0.263. The second-order valence-electron chi connectivity index (χ2n) is 6.69. The number of H-pyrrole nitrogens is 1. The predicted octanol–water partition coefficient (Wildman–Crippen LogP) is 3.09. The van der Waals surface area contributed by atoms with E-state index in [1.165, 1.54) is 0 Å². The Labute approximate surface area is 165 Å². The summed E-state index contributed by atoms with van der Waals surface area (Å²) in [4.78, 5) is 22.8. The molecule has 142 valence electrons. The van der Waals surface area contributed by atoms with E-state index in [2.05, 4.69) is 24.9 Å². The van der Waals surface area contributed by atoms with Crippen molar-refractivity contribution in [2.24, 2.45) is 0 Å². The third-order valence-electron chi connectivity index (χ3n) is 4.79. The van der Waals surface area contributed by atoms with Crippen molar-refractivity contribution in [2.75, 3.05) is 18.0 Å². The Morgan fingerprint density at radius 1 is 1.21 bits per heavy atom. The number of anilines is 1. The zero-order valence-corrected chi connectivity index (χ0v) is 15.8. The number of fused-ring (bicyclic) bond motifs is 2. The van der Waals surface area contributed by atoms with Gasteiger partial charge in [0.2, 0.25) is 0 Å². The second kappa shape index (κ2) is 6.57. The molecule has 0 aliphatic carbocycles. The number of nitrogens with zero attached hydrogens (tertiary/aromatic N) is 5. The first kappa shape index (κ1) is 17.2. The van der Waals surface area contributed by atoms with Gasteiger partial charge < -0.3 is 19.7 Å². The predicted molar refractivity (Wildman–Crippen MR) is 106 cm³/mol. The van der Waals surface area contributed by atoms with Crippen molar-refractivity contribution in [3.63, 3.8) is 0 Å². The Bertz CT molecular complexity index is 1190. The van der Waals surface area contributed by atoms with Crippen molar-refractivity contribution < 1.29 is 9.84 Å². The lowest BCUT2D eigenvalue weighted by molar-refractivity contribution is 0.141. The Hall–Kier alpha value is -2.97. The van der Waals surface area contributed by atoms with Gasteiger partial charge >= 0.3 is 6.01 Å². The van der Waals surface area contributed by atoms with Crippen LogP contribution >= 0.6 is 11.6 Å². The van der Waals surface area contributed by atoms with E-state index < -0.39 is 0 Å². The molecule has 3 aromatic heterocycles. The van der Waals surface area contributed by atoms with Gasteiger partial charge in [0, 0.05) is 37.2 Å². The first-order valence-electron chi connectivity index (χ1n) is 9.02. The van der Waals surface area contributed by atoms with Crippen LogP contribution in [-0.4, -0.2) is 49.2 Å². The lowest BCUT2D eigenvalue weighted by Crippen LogP contribution is -2.51. The summed E-state index contributed by atoms with van der Waals surface area (Å²) >= 11 is 6.55. The first-order chi connectivity index (χ1) is 13.6. The monoisotopic (exact) mass is 396 g/mol. The number of hydrogen-bond donors (Lipinski definition) is 2. The number of benzene rings is 1. The largest absolute Gasteiger partial charge is 0.424 e. The van der Waals surface area contributed by atoms with E-state index in [-0.39, 0.29) is 12.1 Å². The van der Waals surface area contributed by atoms with Crippen LogP contribution in [0, 0.1) is 0 Å². The molecule has 0 bridgehead atoms. The van der Waals surface area contributed by atoms with E-state index in [1.54, 1.807) is 24.5 Å². The van der Waals surface area contributed by atoms with Crippen LogP contribution in [0.25, 0.3) is 22.1 Å². The Morgan fingerprint density at radius 3 is 2.75 bits per heavy atom. The van der Waals surface area contributed by atoms with Crippen molar-refractivity contribution >= 4 is 39.5 Å². The van der Waals surface area contributed by atoms with Gasteiger partial charge in [-0.3, -0.25) is 9.97 Å². The second-order valence-corrected chi connectivity index (χ2v) is 7.07. The molecular formula is C19H17ClN6O2. The molecule has 5 rings (SSSR count). The van der Waals surface area contributed by atoms with Crippen LogP contribution in [-0.2, 0) is 6.42 Å². The summed E-state index contributed by atoms with van der Waals surface area (Å²) in [6.07, 6.45) is 3.66. The van der Waals surface area contributed by atoms with E-state index in [4.69, 9.17) is 16.3 Å². The standard InChI is InChI=1S/C19H17ClN6O2/c1-2-12-16(20)15-17(23-12)24-19(25-18(15)26-8-10(27)9-26)28-11-3-4-13-14(7-11)22-6-5-21-13/h3-7,10,27H,2,8-9H2,1H3,(H,23,24,25). The average molecular weight is 397 g/mol. The molecule has 0 radical (unpaired) electrons. The number of halogens is 1. The molecule has 4 heterocycles. The van der Waals surface area contributed by atoms with Gasteiger partial charge in [0.15, 0.2) is 0 Å². The van der Waals surface area contributed by atoms with Gasteiger partial charge in [0.05, 0.1) is 27.5 Å². The maximum Gasteiger partial charge on any atom is 0.325 e. The summed E-state index contributed by atoms with van der Waals surface area (Å²) in [5, 5.41) is 11.1. The fourth-order valence-corrected chi connectivity index (χ4v) is 3.68. The number of rotatable bonds is 4. The van der Waals surface area contributed by atoms with Gasteiger partial charge in [0.1, 0.15) is 17.2 Å². The molecule has 4 aromatic rings. The van der Waals surface area contributed by atoms with Gasteiger partial charge in [-0.1, -0.05) is 18.5 Å². The number of aromatic amines is 1. The van der Waals surface area contributed by atoms with Crippen LogP contribution in [0.15, 0.2) is 30.6 Å². The van der Waals surface area contributed by atoms with Gasteiger partial charge in [-0.15, -0.1) is 0 Å². The number of aromatic nitrogens is 5. The van der Waals surface area contributed by atoms with Crippen LogP contribution in [0.1, 0.15) is 12.6 Å². The number of nitrogens with one attached hydrogen (secondary N) is 1. The van der Waals surface area contributed by atoms with Gasteiger partial charge in [-0.25, -0.2) is 0 Å². The molecule has 2 N–H and O–H groups in total. The quantitative estimate of drug-likeness (QED) is 0.546. The first-order valence-corrected chi connectivity index (χ1v) is 9.40. The molecule has 9 heteroatoms. The summed E-state index contributed by atoms with van der Waals surface area (Å²) in [6.45, 7) is 3.02. The zero-order chi connectivity index (χ0) is 19.3. The fourth-order valence-electron chi connectivity index (χ4n) is 3.33. The molecule has 8 nitrogen and oxygen atoms in total. The van der Waals surface area contributed by atoms with Crippen molar-refractivity contribution in [3.05, 3.63) is 41.3 Å². The third kappa shape index (κ3) is 2.81. The lowest BCUT2D eigenvalue weighted by atomic mass is 10.1. The highest BCUT2D eigenvalue weighted by molar-refractivity contribution is 6.37. The van der Waals surface area contributed by atoms with Gasteiger partial charge in [0.25, 0.3) is 0 Å². The van der Waals surface area contributed by atoms with Crippen LogP contribution in [0.2, 0.25) is 5.02 Å². The Balaban J connectivity index is 1.58. The topological polar surface area (TPSA) is 100 Å². The van der Waals surface area contributed by atoms with Crippen LogP contribution in [0.5, 0.6) is 11.8 Å². The highest BCUT2D eigenvalue weighted by atomic mass is 35.5. The Kier molecular flexibility index (Phi) is 4.03. The van der Waals surface area contributed by atoms with Crippen molar-refractivity contribution in [2.45, 2.75) is 19.4 Å². The minimum absolute atomic E-state index is 0.202. The molecule has 0 spiro atoms. The van der Waals surface area contributed by atoms with E-state index >= 15 is 0 Å². The summed E-state index contributed by atoms with van der Waals surface area (Å²) < 4.78 is 5.92. The Morgan fingerprint density at radius 2 is 2.00 bits per heavy atom. The van der Waals surface area contributed by atoms with Crippen molar-refractivity contribution in [1.29, 1.82) is 0 Å². The van der Waals surface area contributed by atoms with Crippen molar-refractivity contribution in [1.82, 2.24) is 24.9 Å². The summed E-state index contributed by atoms with van der Waals surface area (Å²) in [5.41, 5.74) is 3.02. The smallest absolute Gasteiger partial charge is 0.325 e. The van der Waals surface area contributed by atoms with Gasteiger partial charge in [-0.05, 0) is 18.6 Å². The molecular weight excluding hydrogens is 380 g/mol. The molecule has 1 aromatic carbocycles. The number of hydrogen-bond acceptors (Lipinski definition) is 7. The normalized spacial score (nSPS) is 14.6. The summed E-state index contributed by atoms with van der Waals surface area (Å²) in [6, 6.07) is 5.63. The highest BCUT2D eigenvalue weighted by Gasteiger charge is 2.30. The molecule has 0 amide bonds. The number of aryl methyl sites for hydroxylation is 1. The molecule has 0 atom stereocenters. The van der Waals surface area contributed by atoms with E-state index in [0.29, 0.717) is 35.3 Å². The van der Waals surface area contributed by atoms with E-state index in [9.17, 15) is 5.11 Å². The third-order valence-corrected chi connectivity index (χ3v) is 5.21. The SMILES string of the molecule is CCc1[nH]c2nc(Oc3ccc4nccnc4c3)nc(N3CC(O)C3)c2c1Cl. The molecule has 0 unspecified atom stereocenters. The molecule has 28 heavy (non-hydrogen) atoms. The van der Waals surface area contributed by atoms with Crippen molar-refractivity contribution in [3.8, 4) is 11.8 Å². The van der Waals surface area contributed by atoms with Crippen LogP contribution in [0.3, 0.4) is 0 Å². The summed E-state index contributed by atoms with van der Waals surface area (Å²) in [7, 11) is 0. The minimum Gasteiger partial charge on any atom is -0.424 e. The summed E-state index contributed by atoms with van der Waals surface area (Å²) in [5.74, 6) is 1.22. The van der Waals surface area contributed by atoms with Gasteiger partial charge in [-0.2, -0.15) is 9.97 Å². The minimum atomic E-state index is -0.364. The number of aliphatic hydroxyl groups is 1. The average Bonchev–Trinajstić information content (AvgIpc) is 3.00. The van der Waals surface area contributed by atoms with Crippen LogP contribution in [0.4, 0.5) is 5.82 Å². The molecule has 1 aliphatic heterocycles. The van der Waals surface area contributed by atoms with Crippen LogP contribution < -0.4 is 9.64 Å². The maximum atomic E-state index is 9.71.